The van der Waals surface area contributed by atoms with E-state index < -0.39 is 10.8 Å². The standard InChI is InChI=1S/C20H19N3O6/c1-27-18-11-14(17(23(25)26)12-19(18)28-2)10-15(13-21)20(24)22-8-9-29-16-6-4-3-5-7-16/h3-7,10-12H,8-9H2,1-2H3,(H,22,24). The van der Waals surface area contributed by atoms with Crippen molar-refractivity contribution in [2.45, 2.75) is 0 Å². The summed E-state index contributed by atoms with van der Waals surface area (Å²) < 4.78 is 15.6. The molecule has 0 aliphatic rings. The Labute approximate surface area is 167 Å². The molecule has 0 heterocycles. The third-order valence-corrected chi connectivity index (χ3v) is 3.79. The van der Waals surface area contributed by atoms with Crippen LogP contribution in [-0.2, 0) is 4.79 Å². The van der Waals surface area contributed by atoms with Crippen molar-refractivity contribution in [3.63, 3.8) is 0 Å². The number of methoxy groups -OCH3 is 2. The van der Waals surface area contributed by atoms with Crippen molar-refractivity contribution >= 4 is 17.7 Å². The number of nitro benzene ring substituents is 1. The first-order chi connectivity index (χ1) is 14.0. The minimum atomic E-state index is -0.673. The van der Waals surface area contributed by atoms with Crippen molar-refractivity contribution in [3.8, 4) is 23.3 Å². The zero-order valence-corrected chi connectivity index (χ0v) is 15.9. The van der Waals surface area contributed by atoms with Gasteiger partial charge in [-0.25, -0.2) is 0 Å². The second-order valence-electron chi connectivity index (χ2n) is 5.61. The van der Waals surface area contributed by atoms with E-state index in [9.17, 15) is 20.2 Å². The molecule has 0 aromatic heterocycles. The summed E-state index contributed by atoms with van der Waals surface area (Å²) in [6.07, 6.45) is 1.13. The Balaban J connectivity index is 2.14. The molecule has 9 heteroatoms. The van der Waals surface area contributed by atoms with E-state index in [1.165, 1.54) is 26.4 Å². The smallest absolute Gasteiger partial charge is 0.280 e. The fraction of sp³-hybridized carbons (Fsp3) is 0.200. The lowest BCUT2D eigenvalue weighted by Crippen LogP contribution is -2.29. The van der Waals surface area contributed by atoms with Crippen LogP contribution in [0.15, 0.2) is 48.0 Å². The third kappa shape index (κ3) is 5.71. The number of nitrogens with zero attached hydrogens (tertiary/aromatic N) is 2. The molecular weight excluding hydrogens is 378 g/mol. The van der Waals surface area contributed by atoms with Crippen LogP contribution in [0, 0.1) is 21.4 Å². The highest BCUT2D eigenvalue weighted by molar-refractivity contribution is 6.02. The average molecular weight is 397 g/mol. The van der Waals surface area contributed by atoms with E-state index in [0.717, 1.165) is 6.08 Å². The van der Waals surface area contributed by atoms with Gasteiger partial charge >= 0.3 is 0 Å². The van der Waals surface area contributed by atoms with Gasteiger partial charge in [-0.15, -0.1) is 0 Å². The number of hydrogen-bond donors (Lipinski definition) is 1. The van der Waals surface area contributed by atoms with E-state index in [1.54, 1.807) is 18.2 Å². The molecule has 0 fully saturated rings. The molecule has 0 aliphatic carbocycles. The molecule has 0 atom stereocenters. The molecule has 2 aromatic carbocycles. The number of carbonyl (C=O) groups is 1. The van der Waals surface area contributed by atoms with Gasteiger partial charge in [0.2, 0.25) is 0 Å². The molecule has 0 saturated heterocycles. The molecule has 0 saturated carbocycles. The molecule has 9 nitrogen and oxygen atoms in total. The van der Waals surface area contributed by atoms with E-state index in [1.807, 2.05) is 18.2 Å². The maximum Gasteiger partial charge on any atom is 0.280 e. The molecule has 29 heavy (non-hydrogen) atoms. The number of amides is 1. The molecule has 0 unspecified atom stereocenters. The van der Waals surface area contributed by atoms with Crippen LogP contribution in [0.3, 0.4) is 0 Å². The van der Waals surface area contributed by atoms with Gasteiger partial charge in [0.05, 0.1) is 37.3 Å². The summed E-state index contributed by atoms with van der Waals surface area (Å²) in [5.74, 6) is 0.377. The molecule has 0 aliphatic heterocycles. The summed E-state index contributed by atoms with van der Waals surface area (Å²) in [5, 5.41) is 23.2. The number of nitrogens with one attached hydrogen (secondary N) is 1. The predicted molar refractivity (Wildman–Crippen MR) is 105 cm³/mol. The SMILES string of the molecule is COc1cc(C=C(C#N)C(=O)NCCOc2ccccc2)c([N+](=O)[O-])cc1OC. The summed E-state index contributed by atoms with van der Waals surface area (Å²) in [5.41, 5.74) is -0.574. The first-order valence-electron chi connectivity index (χ1n) is 8.48. The summed E-state index contributed by atoms with van der Waals surface area (Å²) in [4.78, 5) is 23.0. The molecule has 150 valence electrons. The number of carbonyl (C=O) groups excluding carboxylic acids is 1. The zero-order chi connectivity index (χ0) is 21.2. The van der Waals surface area contributed by atoms with Crippen LogP contribution in [0.2, 0.25) is 0 Å². The first kappa shape index (κ1) is 21.2. The molecule has 0 radical (unpaired) electrons. The van der Waals surface area contributed by atoms with Gasteiger partial charge < -0.3 is 19.5 Å². The monoisotopic (exact) mass is 397 g/mol. The Bertz CT molecular complexity index is 951. The van der Waals surface area contributed by atoms with Crippen molar-refractivity contribution in [1.29, 1.82) is 5.26 Å². The van der Waals surface area contributed by atoms with Crippen LogP contribution in [0.1, 0.15) is 5.56 Å². The number of rotatable bonds is 9. The highest BCUT2D eigenvalue weighted by Crippen LogP contribution is 2.35. The van der Waals surface area contributed by atoms with Crippen LogP contribution in [0.4, 0.5) is 5.69 Å². The van der Waals surface area contributed by atoms with E-state index in [2.05, 4.69) is 5.32 Å². The molecular formula is C20H19N3O6. The molecule has 2 aromatic rings. The number of nitro groups is 1. The van der Waals surface area contributed by atoms with Gasteiger partial charge in [-0.1, -0.05) is 18.2 Å². The Kier molecular flexibility index (Phi) is 7.56. The Morgan fingerprint density at radius 1 is 1.21 bits per heavy atom. The van der Waals surface area contributed by atoms with Gasteiger partial charge in [0.15, 0.2) is 11.5 Å². The second kappa shape index (κ2) is 10.3. The van der Waals surface area contributed by atoms with Crippen molar-refractivity contribution < 1.29 is 23.9 Å². The Morgan fingerprint density at radius 3 is 2.45 bits per heavy atom. The van der Waals surface area contributed by atoms with Gasteiger partial charge in [-0.3, -0.25) is 14.9 Å². The summed E-state index contributed by atoms with van der Waals surface area (Å²) in [6.45, 7) is 0.353. The maximum atomic E-state index is 12.3. The van der Waals surface area contributed by atoms with E-state index in [4.69, 9.17) is 14.2 Å². The summed E-state index contributed by atoms with van der Waals surface area (Å²) in [6, 6.07) is 13.3. The van der Waals surface area contributed by atoms with Gasteiger partial charge in [-0.05, 0) is 24.3 Å². The van der Waals surface area contributed by atoms with Crippen molar-refractivity contribution in [3.05, 3.63) is 63.7 Å². The highest BCUT2D eigenvalue weighted by Gasteiger charge is 2.20. The lowest BCUT2D eigenvalue weighted by molar-refractivity contribution is -0.385. The maximum absolute atomic E-state index is 12.3. The predicted octanol–water partition coefficient (Wildman–Crippen LogP) is 2.71. The first-order valence-corrected chi connectivity index (χ1v) is 8.48. The van der Waals surface area contributed by atoms with Gasteiger partial charge in [0.1, 0.15) is 24.0 Å². The lowest BCUT2D eigenvalue weighted by atomic mass is 10.1. The molecule has 1 amide bonds. The van der Waals surface area contributed by atoms with Crippen LogP contribution in [-0.4, -0.2) is 38.2 Å². The third-order valence-electron chi connectivity index (χ3n) is 3.79. The van der Waals surface area contributed by atoms with Crippen LogP contribution >= 0.6 is 0 Å². The van der Waals surface area contributed by atoms with Crippen LogP contribution < -0.4 is 19.5 Å². The van der Waals surface area contributed by atoms with Gasteiger partial charge in [0.25, 0.3) is 11.6 Å². The number of para-hydroxylation sites is 1. The molecule has 2 rings (SSSR count). The molecule has 0 spiro atoms. The lowest BCUT2D eigenvalue weighted by Gasteiger charge is -2.09. The van der Waals surface area contributed by atoms with Crippen LogP contribution in [0.5, 0.6) is 17.2 Å². The number of benzene rings is 2. The van der Waals surface area contributed by atoms with Gasteiger partial charge in [0, 0.05) is 0 Å². The second-order valence-corrected chi connectivity index (χ2v) is 5.61. The van der Waals surface area contributed by atoms with E-state index in [0.29, 0.717) is 5.75 Å². The van der Waals surface area contributed by atoms with Crippen molar-refractivity contribution in [2.24, 2.45) is 0 Å². The molecule has 0 bridgehead atoms. The van der Waals surface area contributed by atoms with Gasteiger partial charge in [-0.2, -0.15) is 5.26 Å². The fourth-order valence-corrected chi connectivity index (χ4v) is 2.41. The Morgan fingerprint density at radius 2 is 1.86 bits per heavy atom. The number of hydrogen-bond acceptors (Lipinski definition) is 7. The highest BCUT2D eigenvalue weighted by atomic mass is 16.6. The minimum Gasteiger partial charge on any atom is -0.493 e. The summed E-state index contributed by atoms with van der Waals surface area (Å²) >= 11 is 0. The van der Waals surface area contributed by atoms with Crippen LogP contribution in [0.25, 0.3) is 6.08 Å². The molecule has 1 N–H and O–H groups in total. The number of ether oxygens (including phenoxy) is 3. The quantitative estimate of drug-likeness (QED) is 0.227. The van der Waals surface area contributed by atoms with Crippen molar-refractivity contribution in [1.82, 2.24) is 5.32 Å². The van der Waals surface area contributed by atoms with Crippen molar-refractivity contribution in [2.75, 3.05) is 27.4 Å². The zero-order valence-electron chi connectivity index (χ0n) is 15.9. The summed E-state index contributed by atoms with van der Waals surface area (Å²) in [7, 11) is 2.73. The Hall–Kier alpha value is -4.06. The number of nitriles is 1. The largest absolute Gasteiger partial charge is 0.493 e. The topological polar surface area (TPSA) is 124 Å². The van der Waals surface area contributed by atoms with E-state index in [-0.39, 0.29) is 41.5 Å². The fourth-order valence-electron chi connectivity index (χ4n) is 2.41. The minimum absolute atomic E-state index is 0.0416. The van der Waals surface area contributed by atoms with E-state index >= 15 is 0 Å². The normalized spacial score (nSPS) is 10.6. The average Bonchev–Trinajstić information content (AvgIpc) is 2.74.